The zero-order valence-corrected chi connectivity index (χ0v) is 10.2. The summed E-state index contributed by atoms with van der Waals surface area (Å²) in [4.78, 5) is 4.15. The second-order valence-electron chi connectivity index (χ2n) is 3.17. The lowest BCUT2D eigenvalue weighted by atomic mass is 10.1. The molecule has 0 fully saturated rings. The fraction of sp³-hybridized carbons (Fsp3) is 0.500. The molecule has 1 heterocycles. The first-order valence-corrected chi connectivity index (χ1v) is 5.76. The Morgan fingerprint density at radius 1 is 1.43 bits per heavy atom. The smallest absolute Gasteiger partial charge is 0.0636 e. The SMILES string of the molecule is CCCC(Cl)Cc1ncc(Cl)cc1Cl. The van der Waals surface area contributed by atoms with Gasteiger partial charge in [-0.2, -0.15) is 0 Å². The molecule has 1 rings (SSSR count). The Balaban J connectivity index is 2.67. The summed E-state index contributed by atoms with van der Waals surface area (Å²) in [6.45, 7) is 2.10. The van der Waals surface area contributed by atoms with Crippen molar-refractivity contribution in [2.75, 3.05) is 0 Å². The Hall–Kier alpha value is 0.0200. The number of aromatic nitrogens is 1. The third-order valence-corrected chi connectivity index (χ3v) is 2.81. The van der Waals surface area contributed by atoms with Gasteiger partial charge in [0.25, 0.3) is 0 Å². The average Bonchev–Trinajstić information content (AvgIpc) is 2.10. The van der Waals surface area contributed by atoms with E-state index in [9.17, 15) is 0 Å². The van der Waals surface area contributed by atoms with Crippen LogP contribution in [0.2, 0.25) is 10.0 Å². The van der Waals surface area contributed by atoms with Crippen molar-refractivity contribution < 1.29 is 0 Å². The standard InChI is InChI=1S/C10H12Cl3N/c1-2-3-7(11)5-10-9(13)4-8(12)6-14-10/h4,6-7H,2-3,5H2,1H3. The quantitative estimate of drug-likeness (QED) is 0.727. The van der Waals surface area contributed by atoms with E-state index in [0.29, 0.717) is 16.5 Å². The van der Waals surface area contributed by atoms with Crippen molar-refractivity contribution in [1.29, 1.82) is 0 Å². The van der Waals surface area contributed by atoms with Gasteiger partial charge in [0.2, 0.25) is 0 Å². The highest BCUT2D eigenvalue weighted by molar-refractivity contribution is 6.34. The van der Waals surface area contributed by atoms with Crippen LogP contribution in [0.15, 0.2) is 12.3 Å². The molecule has 0 saturated carbocycles. The van der Waals surface area contributed by atoms with E-state index in [0.717, 1.165) is 18.5 Å². The third-order valence-electron chi connectivity index (χ3n) is 1.90. The van der Waals surface area contributed by atoms with Crippen LogP contribution in [0.1, 0.15) is 25.5 Å². The van der Waals surface area contributed by atoms with Crippen molar-refractivity contribution in [2.45, 2.75) is 31.6 Å². The van der Waals surface area contributed by atoms with Crippen LogP contribution in [0.5, 0.6) is 0 Å². The van der Waals surface area contributed by atoms with Crippen LogP contribution in [-0.4, -0.2) is 10.4 Å². The predicted octanol–water partition coefficient (Wildman–Crippen LogP) is 4.34. The first kappa shape index (κ1) is 12.1. The molecule has 1 nitrogen and oxygen atoms in total. The molecule has 0 aliphatic rings. The highest BCUT2D eigenvalue weighted by Gasteiger charge is 2.09. The van der Waals surface area contributed by atoms with Gasteiger partial charge in [-0.1, -0.05) is 36.5 Å². The summed E-state index contributed by atoms with van der Waals surface area (Å²) >= 11 is 17.8. The van der Waals surface area contributed by atoms with Gasteiger partial charge in [0, 0.05) is 18.0 Å². The number of nitrogens with zero attached hydrogens (tertiary/aromatic N) is 1. The molecule has 0 aliphatic heterocycles. The van der Waals surface area contributed by atoms with Gasteiger partial charge < -0.3 is 0 Å². The molecule has 4 heteroatoms. The van der Waals surface area contributed by atoms with Gasteiger partial charge in [0.05, 0.1) is 15.7 Å². The molecule has 0 saturated heterocycles. The number of halogens is 3. The Labute approximate surface area is 99.4 Å². The molecule has 1 aromatic rings. The molecular weight excluding hydrogens is 240 g/mol. The molecule has 0 bridgehead atoms. The Kier molecular flexibility index (Phi) is 5.00. The highest BCUT2D eigenvalue weighted by Crippen LogP contribution is 2.21. The average molecular weight is 253 g/mol. The molecule has 1 unspecified atom stereocenters. The van der Waals surface area contributed by atoms with Crippen molar-refractivity contribution in [1.82, 2.24) is 4.98 Å². The van der Waals surface area contributed by atoms with Gasteiger partial charge >= 0.3 is 0 Å². The van der Waals surface area contributed by atoms with Crippen LogP contribution < -0.4 is 0 Å². The topological polar surface area (TPSA) is 12.9 Å². The van der Waals surface area contributed by atoms with Gasteiger partial charge in [0.15, 0.2) is 0 Å². The lowest BCUT2D eigenvalue weighted by molar-refractivity contribution is 0.716. The Morgan fingerprint density at radius 2 is 2.14 bits per heavy atom. The van der Waals surface area contributed by atoms with Gasteiger partial charge in [-0.15, -0.1) is 11.6 Å². The summed E-state index contributed by atoms with van der Waals surface area (Å²) in [6.07, 6.45) is 4.34. The minimum Gasteiger partial charge on any atom is -0.258 e. The van der Waals surface area contributed by atoms with E-state index in [4.69, 9.17) is 34.8 Å². The normalized spacial score (nSPS) is 12.9. The van der Waals surface area contributed by atoms with Crippen molar-refractivity contribution in [3.8, 4) is 0 Å². The van der Waals surface area contributed by atoms with Crippen LogP contribution in [0.25, 0.3) is 0 Å². The van der Waals surface area contributed by atoms with Crippen LogP contribution >= 0.6 is 34.8 Å². The first-order valence-electron chi connectivity index (χ1n) is 4.57. The van der Waals surface area contributed by atoms with Crippen molar-refractivity contribution >= 4 is 34.8 Å². The predicted molar refractivity (Wildman–Crippen MR) is 62.5 cm³/mol. The molecule has 78 valence electrons. The van der Waals surface area contributed by atoms with E-state index in [1.807, 2.05) is 0 Å². The lowest BCUT2D eigenvalue weighted by Crippen LogP contribution is -2.04. The number of hydrogen-bond acceptors (Lipinski definition) is 1. The van der Waals surface area contributed by atoms with Crippen molar-refractivity contribution in [2.24, 2.45) is 0 Å². The molecule has 0 spiro atoms. The Bertz CT molecular complexity index is 301. The number of pyridine rings is 1. The summed E-state index contributed by atoms with van der Waals surface area (Å²) in [5.74, 6) is 0. The van der Waals surface area contributed by atoms with Crippen molar-refractivity contribution in [3.63, 3.8) is 0 Å². The maximum absolute atomic E-state index is 6.10. The fourth-order valence-corrected chi connectivity index (χ4v) is 2.04. The largest absolute Gasteiger partial charge is 0.258 e. The molecule has 1 atom stereocenters. The van der Waals surface area contributed by atoms with E-state index in [-0.39, 0.29) is 5.38 Å². The third kappa shape index (κ3) is 3.64. The summed E-state index contributed by atoms with van der Waals surface area (Å²) in [5, 5.41) is 1.26. The molecule has 0 N–H and O–H groups in total. The summed E-state index contributed by atoms with van der Waals surface area (Å²) in [5.41, 5.74) is 0.824. The number of alkyl halides is 1. The number of hydrogen-bond donors (Lipinski definition) is 0. The van der Waals surface area contributed by atoms with Gasteiger partial charge in [-0.3, -0.25) is 4.98 Å². The van der Waals surface area contributed by atoms with Gasteiger partial charge in [-0.05, 0) is 12.5 Å². The van der Waals surface area contributed by atoms with E-state index in [1.165, 1.54) is 0 Å². The maximum Gasteiger partial charge on any atom is 0.0636 e. The monoisotopic (exact) mass is 251 g/mol. The summed E-state index contributed by atoms with van der Waals surface area (Å²) in [6, 6.07) is 1.70. The zero-order valence-electron chi connectivity index (χ0n) is 7.93. The first-order chi connectivity index (χ1) is 6.63. The minimum absolute atomic E-state index is 0.103. The summed E-state index contributed by atoms with van der Waals surface area (Å²) in [7, 11) is 0. The van der Waals surface area contributed by atoms with E-state index in [2.05, 4.69) is 11.9 Å². The fourth-order valence-electron chi connectivity index (χ4n) is 1.22. The second-order valence-corrected chi connectivity index (χ2v) is 4.63. The van der Waals surface area contributed by atoms with E-state index < -0.39 is 0 Å². The second kappa shape index (κ2) is 5.79. The highest BCUT2D eigenvalue weighted by atomic mass is 35.5. The molecular formula is C10H12Cl3N. The van der Waals surface area contributed by atoms with Gasteiger partial charge in [0.1, 0.15) is 0 Å². The van der Waals surface area contributed by atoms with Crippen LogP contribution in [-0.2, 0) is 6.42 Å². The van der Waals surface area contributed by atoms with Crippen LogP contribution in [0, 0.1) is 0 Å². The molecule has 14 heavy (non-hydrogen) atoms. The molecule has 0 aromatic carbocycles. The molecule has 0 radical (unpaired) electrons. The zero-order chi connectivity index (χ0) is 10.6. The summed E-state index contributed by atoms with van der Waals surface area (Å²) < 4.78 is 0. The van der Waals surface area contributed by atoms with Crippen molar-refractivity contribution in [3.05, 3.63) is 28.0 Å². The molecule has 0 amide bonds. The maximum atomic E-state index is 6.10. The lowest BCUT2D eigenvalue weighted by Gasteiger charge is -2.08. The Morgan fingerprint density at radius 3 is 2.71 bits per heavy atom. The minimum atomic E-state index is 0.103. The molecule has 0 aliphatic carbocycles. The van der Waals surface area contributed by atoms with Crippen LogP contribution in [0.3, 0.4) is 0 Å². The van der Waals surface area contributed by atoms with Crippen LogP contribution in [0.4, 0.5) is 0 Å². The van der Waals surface area contributed by atoms with E-state index in [1.54, 1.807) is 12.3 Å². The molecule has 1 aromatic heterocycles. The van der Waals surface area contributed by atoms with Gasteiger partial charge in [-0.25, -0.2) is 0 Å². The van der Waals surface area contributed by atoms with E-state index >= 15 is 0 Å². The number of rotatable bonds is 4.